The van der Waals surface area contributed by atoms with Crippen LogP contribution in [0, 0.1) is 13.8 Å². The summed E-state index contributed by atoms with van der Waals surface area (Å²) in [7, 11) is 4.09. The largest absolute Gasteiger partial charge is 0.297 e. The summed E-state index contributed by atoms with van der Waals surface area (Å²) >= 11 is 0. The van der Waals surface area contributed by atoms with E-state index in [9.17, 15) is 4.79 Å². The lowest BCUT2D eigenvalue weighted by atomic mass is 9.86. The molecule has 0 saturated heterocycles. The van der Waals surface area contributed by atoms with Crippen molar-refractivity contribution in [1.82, 2.24) is 4.90 Å². The summed E-state index contributed by atoms with van der Waals surface area (Å²) in [5.41, 5.74) is 3.51. The number of carbonyl (C=O) groups is 1. The molecule has 1 saturated carbocycles. The van der Waals surface area contributed by atoms with E-state index in [0.717, 1.165) is 18.4 Å². The Kier molecular flexibility index (Phi) is 4.10. The molecule has 1 aliphatic rings. The molecule has 1 aliphatic carbocycles. The number of likely N-dealkylation sites (N-methyl/N-ethyl adjacent to an activating group) is 1. The van der Waals surface area contributed by atoms with E-state index in [4.69, 9.17) is 0 Å². The number of ketones is 1. The van der Waals surface area contributed by atoms with Gasteiger partial charge in [-0.05, 0) is 57.5 Å². The Morgan fingerprint density at radius 3 is 2.32 bits per heavy atom. The van der Waals surface area contributed by atoms with Crippen molar-refractivity contribution in [3.8, 4) is 0 Å². The maximum absolute atomic E-state index is 12.7. The van der Waals surface area contributed by atoms with Gasteiger partial charge in [0.2, 0.25) is 0 Å². The van der Waals surface area contributed by atoms with E-state index in [1.165, 1.54) is 24.0 Å². The Morgan fingerprint density at radius 2 is 1.79 bits per heavy atom. The average Bonchev–Trinajstić information content (AvgIpc) is 2.84. The zero-order valence-electron chi connectivity index (χ0n) is 12.6. The zero-order valence-corrected chi connectivity index (χ0v) is 12.6. The number of hydrogen-bond acceptors (Lipinski definition) is 2. The maximum atomic E-state index is 12.7. The molecule has 0 N–H and O–H groups in total. The van der Waals surface area contributed by atoms with Crippen molar-refractivity contribution in [3.63, 3.8) is 0 Å². The smallest absolute Gasteiger partial charge is 0.157 e. The molecule has 104 valence electrons. The van der Waals surface area contributed by atoms with E-state index in [1.54, 1.807) is 0 Å². The van der Waals surface area contributed by atoms with Crippen LogP contribution in [0.1, 0.15) is 42.4 Å². The molecule has 0 aliphatic heterocycles. The molecular weight excluding hydrogens is 234 g/mol. The lowest BCUT2D eigenvalue weighted by Crippen LogP contribution is -2.49. The van der Waals surface area contributed by atoms with Crippen molar-refractivity contribution in [3.05, 3.63) is 34.9 Å². The van der Waals surface area contributed by atoms with Crippen molar-refractivity contribution in [2.24, 2.45) is 0 Å². The first-order valence-electron chi connectivity index (χ1n) is 7.22. The van der Waals surface area contributed by atoms with Gasteiger partial charge in [-0.3, -0.25) is 9.69 Å². The van der Waals surface area contributed by atoms with Crippen LogP contribution in [0.2, 0.25) is 0 Å². The molecule has 0 aromatic heterocycles. The van der Waals surface area contributed by atoms with Gasteiger partial charge in [0.05, 0.1) is 5.54 Å². The topological polar surface area (TPSA) is 20.3 Å². The Morgan fingerprint density at radius 1 is 1.16 bits per heavy atom. The third kappa shape index (κ3) is 2.74. The second kappa shape index (κ2) is 5.46. The fourth-order valence-electron chi connectivity index (χ4n) is 3.20. The van der Waals surface area contributed by atoms with E-state index < -0.39 is 0 Å². The van der Waals surface area contributed by atoms with Crippen LogP contribution >= 0.6 is 0 Å². The highest BCUT2D eigenvalue weighted by molar-refractivity contribution is 5.90. The van der Waals surface area contributed by atoms with Crippen molar-refractivity contribution < 1.29 is 4.79 Å². The standard InChI is InChI=1S/C17H25NO/c1-13-7-8-15(11-14(13)2)12-16(19)17(18(3)4)9-5-6-10-17/h7-8,11H,5-6,9-10,12H2,1-4H3. The predicted octanol–water partition coefficient (Wildman–Crippen LogP) is 3.29. The van der Waals surface area contributed by atoms with Crippen LogP contribution in [-0.2, 0) is 11.2 Å². The molecule has 0 radical (unpaired) electrons. The third-order valence-electron chi connectivity index (χ3n) is 4.74. The van der Waals surface area contributed by atoms with Crippen molar-refractivity contribution in [2.75, 3.05) is 14.1 Å². The minimum absolute atomic E-state index is 0.210. The van der Waals surface area contributed by atoms with Crippen LogP contribution in [0.25, 0.3) is 0 Å². The number of hydrogen-bond donors (Lipinski definition) is 0. The molecular formula is C17H25NO. The van der Waals surface area contributed by atoms with E-state index in [-0.39, 0.29) is 5.54 Å². The van der Waals surface area contributed by atoms with Gasteiger partial charge < -0.3 is 0 Å². The summed E-state index contributed by atoms with van der Waals surface area (Å²) < 4.78 is 0. The summed E-state index contributed by atoms with van der Waals surface area (Å²) in [6.45, 7) is 4.22. The normalized spacial score (nSPS) is 17.9. The molecule has 0 bridgehead atoms. The number of benzene rings is 1. The molecule has 19 heavy (non-hydrogen) atoms. The number of rotatable bonds is 4. The molecule has 2 nitrogen and oxygen atoms in total. The van der Waals surface area contributed by atoms with Crippen molar-refractivity contribution in [1.29, 1.82) is 0 Å². The Bertz CT molecular complexity index is 470. The van der Waals surface area contributed by atoms with E-state index in [0.29, 0.717) is 12.2 Å². The first-order valence-corrected chi connectivity index (χ1v) is 7.22. The molecule has 0 heterocycles. The second-order valence-corrected chi connectivity index (χ2v) is 6.15. The van der Waals surface area contributed by atoms with Crippen molar-refractivity contribution >= 4 is 5.78 Å². The fraction of sp³-hybridized carbons (Fsp3) is 0.588. The zero-order chi connectivity index (χ0) is 14.0. The SMILES string of the molecule is Cc1ccc(CC(=O)C2(N(C)C)CCCC2)cc1C. The summed E-state index contributed by atoms with van der Waals surface area (Å²) in [4.78, 5) is 14.9. The van der Waals surface area contributed by atoms with E-state index in [1.807, 2.05) is 14.1 Å². The number of Topliss-reactive ketones (excluding diaryl/α,β-unsaturated/α-hetero) is 1. The molecule has 1 fully saturated rings. The minimum atomic E-state index is -0.210. The Hall–Kier alpha value is -1.15. The third-order valence-corrected chi connectivity index (χ3v) is 4.74. The van der Waals surface area contributed by atoms with Gasteiger partial charge in [-0.25, -0.2) is 0 Å². The van der Waals surface area contributed by atoms with E-state index >= 15 is 0 Å². The van der Waals surface area contributed by atoms with Gasteiger partial charge in [-0.15, -0.1) is 0 Å². The van der Waals surface area contributed by atoms with Crippen LogP contribution in [0.4, 0.5) is 0 Å². The van der Waals surface area contributed by atoms with Crippen LogP contribution in [0.15, 0.2) is 18.2 Å². The molecule has 1 aromatic rings. The molecule has 0 unspecified atom stereocenters. The Balaban J connectivity index is 2.17. The van der Waals surface area contributed by atoms with Crippen LogP contribution < -0.4 is 0 Å². The first-order chi connectivity index (χ1) is 8.95. The van der Waals surface area contributed by atoms with Gasteiger partial charge in [0.25, 0.3) is 0 Å². The van der Waals surface area contributed by atoms with Gasteiger partial charge in [0, 0.05) is 6.42 Å². The lowest BCUT2D eigenvalue weighted by molar-refractivity contribution is -0.128. The molecule has 0 amide bonds. The predicted molar refractivity (Wildman–Crippen MR) is 79.5 cm³/mol. The molecule has 0 spiro atoms. The van der Waals surface area contributed by atoms with Crippen molar-refractivity contribution in [2.45, 2.75) is 51.5 Å². The molecule has 1 aromatic carbocycles. The highest BCUT2D eigenvalue weighted by atomic mass is 16.1. The van der Waals surface area contributed by atoms with Gasteiger partial charge >= 0.3 is 0 Å². The monoisotopic (exact) mass is 259 g/mol. The summed E-state index contributed by atoms with van der Waals surface area (Å²) in [6.07, 6.45) is 4.96. The average molecular weight is 259 g/mol. The highest BCUT2D eigenvalue weighted by Crippen LogP contribution is 2.35. The summed E-state index contributed by atoms with van der Waals surface area (Å²) in [5.74, 6) is 0.387. The van der Waals surface area contributed by atoms with Gasteiger partial charge in [0.1, 0.15) is 0 Å². The lowest BCUT2D eigenvalue weighted by Gasteiger charge is -2.34. The van der Waals surface area contributed by atoms with Gasteiger partial charge in [-0.2, -0.15) is 0 Å². The number of nitrogens with zero attached hydrogens (tertiary/aromatic N) is 1. The molecule has 2 heteroatoms. The summed E-state index contributed by atoms with van der Waals surface area (Å²) in [6, 6.07) is 6.37. The van der Waals surface area contributed by atoms with Gasteiger partial charge in [-0.1, -0.05) is 31.0 Å². The summed E-state index contributed by atoms with van der Waals surface area (Å²) in [5, 5.41) is 0. The minimum Gasteiger partial charge on any atom is -0.297 e. The Labute approximate surface area is 116 Å². The first kappa shape index (κ1) is 14.3. The van der Waals surface area contributed by atoms with E-state index in [2.05, 4.69) is 36.9 Å². The van der Waals surface area contributed by atoms with Gasteiger partial charge in [0.15, 0.2) is 5.78 Å². The van der Waals surface area contributed by atoms with Crippen LogP contribution in [0.3, 0.4) is 0 Å². The maximum Gasteiger partial charge on any atom is 0.157 e. The second-order valence-electron chi connectivity index (χ2n) is 6.15. The fourth-order valence-corrected chi connectivity index (χ4v) is 3.20. The quantitative estimate of drug-likeness (QED) is 0.827. The molecule has 0 atom stereocenters. The highest BCUT2D eigenvalue weighted by Gasteiger charge is 2.42. The number of aryl methyl sites for hydroxylation is 2. The van der Waals surface area contributed by atoms with Crippen LogP contribution in [0.5, 0.6) is 0 Å². The van der Waals surface area contributed by atoms with Crippen LogP contribution in [-0.4, -0.2) is 30.3 Å². The molecule has 2 rings (SSSR count). The number of carbonyl (C=O) groups excluding carboxylic acids is 1.